The van der Waals surface area contributed by atoms with Gasteiger partial charge in [0.25, 0.3) is 5.91 Å². The smallest absolute Gasteiger partial charge is 0.251 e. The quantitative estimate of drug-likeness (QED) is 0.733. The first-order valence-corrected chi connectivity index (χ1v) is 7.07. The normalized spacial score (nSPS) is 10.0. The molecule has 0 bridgehead atoms. The maximum Gasteiger partial charge on any atom is 0.251 e. The van der Waals surface area contributed by atoms with Gasteiger partial charge in [0, 0.05) is 24.8 Å². The lowest BCUT2D eigenvalue weighted by Crippen LogP contribution is -2.17. The predicted octanol–water partition coefficient (Wildman–Crippen LogP) is 2.60. The van der Waals surface area contributed by atoms with E-state index in [4.69, 9.17) is 0 Å². The molecule has 17 heavy (non-hydrogen) atoms. The molecule has 0 heterocycles. The molecule has 0 aliphatic carbocycles. The minimum atomic E-state index is -0.0461. The summed E-state index contributed by atoms with van der Waals surface area (Å²) >= 11 is 1.95. The molecule has 1 rings (SSSR count). The van der Waals surface area contributed by atoms with Crippen LogP contribution in [0.2, 0.25) is 0 Å². The highest BCUT2D eigenvalue weighted by Crippen LogP contribution is 2.11. The van der Waals surface area contributed by atoms with Crippen molar-refractivity contribution in [2.45, 2.75) is 13.3 Å². The Morgan fingerprint density at radius 2 is 2.24 bits per heavy atom. The van der Waals surface area contributed by atoms with Crippen LogP contribution in [0.5, 0.6) is 0 Å². The zero-order valence-corrected chi connectivity index (χ0v) is 11.3. The summed E-state index contributed by atoms with van der Waals surface area (Å²) in [6.45, 7) is 3.12. The molecule has 0 atom stereocenters. The fourth-order valence-electron chi connectivity index (χ4n) is 1.47. The van der Waals surface area contributed by atoms with Gasteiger partial charge >= 0.3 is 0 Å². The van der Waals surface area contributed by atoms with Crippen LogP contribution in [0.25, 0.3) is 0 Å². The molecule has 1 amide bonds. The van der Waals surface area contributed by atoms with E-state index in [1.165, 1.54) is 11.5 Å². The van der Waals surface area contributed by atoms with E-state index >= 15 is 0 Å². The maximum absolute atomic E-state index is 11.4. The lowest BCUT2D eigenvalue weighted by atomic mass is 10.2. The number of hydrogen-bond acceptors (Lipinski definition) is 3. The highest BCUT2D eigenvalue weighted by atomic mass is 32.2. The van der Waals surface area contributed by atoms with Gasteiger partial charge in [-0.15, -0.1) is 0 Å². The van der Waals surface area contributed by atoms with Crippen molar-refractivity contribution in [3.63, 3.8) is 0 Å². The van der Waals surface area contributed by atoms with Gasteiger partial charge in [-0.05, 0) is 36.1 Å². The minimum Gasteiger partial charge on any atom is -0.385 e. The van der Waals surface area contributed by atoms with E-state index in [0.717, 1.165) is 18.7 Å². The Morgan fingerprint density at radius 3 is 2.94 bits per heavy atom. The summed E-state index contributed by atoms with van der Waals surface area (Å²) in [6, 6.07) is 7.58. The zero-order valence-electron chi connectivity index (χ0n) is 10.5. The van der Waals surface area contributed by atoms with Crippen molar-refractivity contribution >= 4 is 23.4 Å². The fourth-order valence-corrected chi connectivity index (χ4v) is 2.10. The molecule has 1 aromatic carbocycles. The van der Waals surface area contributed by atoms with Crippen LogP contribution in [-0.2, 0) is 0 Å². The SMILES string of the molecule is CCSCCCNc1cccc(C(=O)NC)c1. The largest absolute Gasteiger partial charge is 0.385 e. The van der Waals surface area contributed by atoms with Crippen LogP contribution in [0.15, 0.2) is 24.3 Å². The van der Waals surface area contributed by atoms with Crippen molar-refractivity contribution in [2.24, 2.45) is 0 Å². The third-order valence-corrected chi connectivity index (χ3v) is 3.34. The van der Waals surface area contributed by atoms with Gasteiger partial charge in [0.1, 0.15) is 0 Å². The second kappa shape index (κ2) is 8.01. The van der Waals surface area contributed by atoms with Gasteiger partial charge in [0.05, 0.1) is 0 Å². The number of nitrogens with one attached hydrogen (secondary N) is 2. The van der Waals surface area contributed by atoms with E-state index in [-0.39, 0.29) is 5.91 Å². The predicted molar refractivity (Wildman–Crippen MR) is 75.9 cm³/mol. The highest BCUT2D eigenvalue weighted by molar-refractivity contribution is 7.99. The van der Waals surface area contributed by atoms with Gasteiger partial charge in [-0.2, -0.15) is 11.8 Å². The number of thioether (sulfide) groups is 1. The summed E-state index contributed by atoms with van der Waals surface area (Å²) in [5.41, 5.74) is 1.70. The average molecular weight is 252 g/mol. The van der Waals surface area contributed by atoms with Crippen LogP contribution >= 0.6 is 11.8 Å². The molecule has 2 N–H and O–H groups in total. The van der Waals surface area contributed by atoms with Crippen molar-refractivity contribution in [3.05, 3.63) is 29.8 Å². The Morgan fingerprint density at radius 1 is 1.41 bits per heavy atom. The number of rotatable bonds is 7. The standard InChI is InChI=1S/C13H20N2OS/c1-3-17-9-5-8-15-12-7-4-6-11(10-12)13(16)14-2/h4,6-7,10,15H,3,5,8-9H2,1-2H3,(H,14,16). The van der Waals surface area contributed by atoms with E-state index in [1.54, 1.807) is 7.05 Å². The van der Waals surface area contributed by atoms with E-state index < -0.39 is 0 Å². The van der Waals surface area contributed by atoms with Crippen molar-refractivity contribution in [2.75, 3.05) is 30.4 Å². The van der Waals surface area contributed by atoms with Crippen molar-refractivity contribution in [3.8, 4) is 0 Å². The Labute approximate surface area is 107 Å². The topological polar surface area (TPSA) is 41.1 Å². The first-order valence-electron chi connectivity index (χ1n) is 5.91. The van der Waals surface area contributed by atoms with Crippen LogP contribution in [0.1, 0.15) is 23.7 Å². The Bertz CT molecular complexity index is 355. The molecule has 0 saturated heterocycles. The summed E-state index contributed by atoms with van der Waals surface area (Å²) in [6.07, 6.45) is 1.14. The fraction of sp³-hybridized carbons (Fsp3) is 0.462. The molecule has 94 valence electrons. The average Bonchev–Trinajstić information content (AvgIpc) is 2.38. The number of benzene rings is 1. The van der Waals surface area contributed by atoms with Crippen LogP contribution in [0, 0.1) is 0 Å². The molecule has 0 spiro atoms. The molecular formula is C13H20N2OS. The highest BCUT2D eigenvalue weighted by Gasteiger charge is 2.02. The second-order valence-electron chi connectivity index (χ2n) is 3.64. The monoisotopic (exact) mass is 252 g/mol. The first-order chi connectivity index (χ1) is 8.27. The number of hydrogen-bond donors (Lipinski definition) is 2. The zero-order chi connectivity index (χ0) is 12.5. The third-order valence-electron chi connectivity index (χ3n) is 2.35. The Hall–Kier alpha value is -1.16. The minimum absolute atomic E-state index is 0.0461. The number of carbonyl (C=O) groups excluding carboxylic acids is 1. The molecule has 1 aromatic rings. The van der Waals surface area contributed by atoms with Crippen LogP contribution in [0.4, 0.5) is 5.69 Å². The molecule has 0 aromatic heterocycles. The number of carbonyl (C=O) groups is 1. The summed E-state index contributed by atoms with van der Waals surface area (Å²) in [4.78, 5) is 11.4. The lowest BCUT2D eigenvalue weighted by molar-refractivity contribution is 0.0963. The van der Waals surface area contributed by atoms with Gasteiger partial charge < -0.3 is 10.6 Å². The van der Waals surface area contributed by atoms with Gasteiger partial charge in [0.2, 0.25) is 0 Å². The molecule has 3 nitrogen and oxygen atoms in total. The van der Waals surface area contributed by atoms with Gasteiger partial charge in [-0.3, -0.25) is 4.79 Å². The lowest BCUT2D eigenvalue weighted by Gasteiger charge is -2.07. The van der Waals surface area contributed by atoms with E-state index in [2.05, 4.69) is 17.6 Å². The number of anilines is 1. The van der Waals surface area contributed by atoms with Crippen LogP contribution < -0.4 is 10.6 Å². The molecule has 0 fully saturated rings. The maximum atomic E-state index is 11.4. The summed E-state index contributed by atoms with van der Waals surface area (Å²) in [7, 11) is 1.64. The van der Waals surface area contributed by atoms with E-state index in [9.17, 15) is 4.79 Å². The molecule has 0 aliphatic heterocycles. The third kappa shape index (κ3) is 5.13. The molecular weight excluding hydrogens is 232 g/mol. The Kier molecular flexibility index (Phi) is 6.55. The van der Waals surface area contributed by atoms with Gasteiger partial charge in [-0.1, -0.05) is 13.0 Å². The summed E-state index contributed by atoms with van der Waals surface area (Å²) < 4.78 is 0. The van der Waals surface area contributed by atoms with Crippen molar-refractivity contribution < 1.29 is 4.79 Å². The summed E-state index contributed by atoms with van der Waals surface area (Å²) in [5, 5.41) is 5.95. The van der Waals surface area contributed by atoms with E-state index in [1.807, 2.05) is 36.0 Å². The molecule has 0 aliphatic rings. The van der Waals surface area contributed by atoms with Gasteiger partial charge in [-0.25, -0.2) is 0 Å². The molecule has 4 heteroatoms. The molecule has 0 unspecified atom stereocenters. The van der Waals surface area contributed by atoms with Gasteiger partial charge in [0.15, 0.2) is 0 Å². The second-order valence-corrected chi connectivity index (χ2v) is 5.03. The van der Waals surface area contributed by atoms with Crippen molar-refractivity contribution in [1.82, 2.24) is 5.32 Å². The van der Waals surface area contributed by atoms with Crippen molar-refractivity contribution in [1.29, 1.82) is 0 Å². The summed E-state index contributed by atoms with van der Waals surface area (Å²) in [5.74, 6) is 2.31. The van der Waals surface area contributed by atoms with E-state index in [0.29, 0.717) is 5.56 Å². The molecule has 0 saturated carbocycles. The number of amides is 1. The first kappa shape index (κ1) is 13.9. The van der Waals surface area contributed by atoms with Crippen LogP contribution in [0.3, 0.4) is 0 Å². The van der Waals surface area contributed by atoms with Crippen LogP contribution in [-0.4, -0.2) is 31.0 Å². The molecule has 0 radical (unpaired) electrons. The Balaban J connectivity index is 2.40.